The third-order valence-electron chi connectivity index (χ3n) is 3.50. The molecule has 2 rings (SSSR count). The van der Waals surface area contributed by atoms with Crippen LogP contribution in [0, 0.1) is 13.8 Å². The van der Waals surface area contributed by atoms with Crippen molar-refractivity contribution in [1.82, 2.24) is 4.72 Å². The van der Waals surface area contributed by atoms with Gasteiger partial charge in [0.25, 0.3) is 0 Å². The molecule has 3 nitrogen and oxygen atoms in total. The van der Waals surface area contributed by atoms with Gasteiger partial charge in [0.1, 0.15) is 4.90 Å². The number of nitrogens with one attached hydrogen (secondary N) is 1. The summed E-state index contributed by atoms with van der Waals surface area (Å²) in [7, 11) is -3.83. The van der Waals surface area contributed by atoms with Gasteiger partial charge in [-0.15, -0.1) is 0 Å². The molecule has 0 radical (unpaired) electrons. The molecule has 0 bridgehead atoms. The molecule has 1 unspecified atom stereocenters. The highest BCUT2D eigenvalue weighted by Crippen LogP contribution is 2.32. The number of halogens is 3. The fraction of sp³-hybridized carbons (Fsp3) is 0.250. The van der Waals surface area contributed by atoms with E-state index in [4.69, 9.17) is 34.8 Å². The summed E-state index contributed by atoms with van der Waals surface area (Å²) in [6.07, 6.45) is 0. The molecule has 0 aliphatic carbocycles. The van der Waals surface area contributed by atoms with Crippen LogP contribution in [0.3, 0.4) is 0 Å². The van der Waals surface area contributed by atoms with E-state index < -0.39 is 16.1 Å². The lowest BCUT2D eigenvalue weighted by atomic mass is 10.0. The van der Waals surface area contributed by atoms with Crippen LogP contribution in [0.5, 0.6) is 0 Å². The van der Waals surface area contributed by atoms with E-state index in [9.17, 15) is 8.42 Å². The predicted octanol–water partition coefficient (Wildman–Crippen LogP) is 5.30. The fourth-order valence-corrected chi connectivity index (χ4v) is 4.52. The van der Waals surface area contributed by atoms with Crippen molar-refractivity contribution in [3.05, 3.63) is 62.1 Å². The van der Waals surface area contributed by atoms with E-state index >= 15 is 0 Å². The molecule has 0 heterocycles. The number of aryl methyl sites for hydroxylation is 2. The second-order valence-corrected chi connectivity index (χ2v) is 8.30. The van der Waals surface area contributed by atoms with Crippen LogP contribution in [0.1, 0.15) is 29.7 Å². The number of sulfonamides is 1. The SMILES string of the molecule is Cc1ccc(C)c(C(C)NS(=O)(=O)c2cc(Cl)c(Cl)cc2Cl)c1. The minimum atomic E-state index is -3.83. The van der Waals surface area contributed by atoms with Crippen LogP contribution in [-0.4, -0.2) is 8.42 Å². The van der Waals surface area contributed by atoms with Gasteiger partial charge in [-0.3, -0.25) is 0 Å². The third-order valence-corrected chi connectivity index (χ3v) is 6.23. The molecular formula is C16H16Cl3NO2S. The van der Waals surface area contributed by atoms with Gasteiger partial charge in [0, 0.05) is 6.04 Å². The van der Waals surface area contributed by atoms with Crippen molar-refractivity contribution in [3.8, 4) is 0 Å². The largest absolute Gasteiger partial charge is 0.242 e. The van der Waals surface area contributed by atoms with Gasteiger partial charge in [-0.25, -0.2) is 13.1 Å². The van der Waals surface area contributed by atoms with Crippen LogP contribution >= 0.6 is 34.8 Å². The van der Waals surface area contributed by atoms with E-state index in [1.807, 2.05) is 32.0 Å². The molecule has 0 fully saturated rings. The Morgan fingerprint density at radius 2 is 1.57 bits per heavy atom. The summed E-state index contributed by atoms with van der Waals surface area (Å²) in [4.78, 5) is -0.0919. The summed E-state index contributed by atoms with van der Waals surface area (Å²) in [6.45, 7) is 5.68. The third kappa shape index (κ3) is 4.20. The summed E-state index contributed by atoms with van der Waals surface area (Å²) in [5.41, 5.74) is 2.97. The summed E-state index contributed by atoms with van der Waals surface area (Å²) in [5.74, 6) is 0. The first kappa shape index (κ1) is 18.6. The minimum absolute atomic E-state index is 0.0278. The number of rotatable bonds is 4. The summed E-state index contributed by atoms with van der Waals surface area (Å²) >= 11 is 17.8. The molecule has 0 saturated heterocycles. The Bertz CT molecular complexity index is 851. The van der Waals surface area contributed by atoms with Crippen LogP contribution in [0.2, 0.25) is 15.1 Å². The topological polar surface area (TPSA) is 46.2 Å². The second-order valence-electron chi connectivity index (χ2n) is 5.40. The quantitative estimate of drug-likeness (QED) is 0.717. The molecule has 0 aliphatic heterocycles. The monoisotopic (exact) mass is 391 g/mol. The highest BCUT2D eigenvalue weighted by molar-refractivity contribution is 7.89. The molecule has 23 heavy (non-hydrogen) atoms. The van der Waals surface area contributed by atoms with Gasteiger partial charge in [-0.1, -0.05) is 58.6 Å². The Kier molecular flexibility index (Phi) is 5.64. The average Bonchev–Trinajstić information content (AvgIpc) is 2.44. The van der Waals surface area contributed by atoms with Crippen molar-refractivity contribution in [1.29, 1.82) is 0 Å². The van der Waals surface area contributed by atoms with E-state index in [1.54, 1.807) is 6.92 Å². The number of hydrogen-bond acceptors (Lipinski definition) is 2. The zero-order chi connectivity index (χ0) is 17.4. The molecule has 7 heteroatoms. The van der Waals surface area contributed by atoms with Gasteiger partial charge in [0.2, 0.25) is 10.0 Å². The van der Waals surface area contributed by atoms with Crippen molar-refractivity contribution in [2.75, 3.05) is 0 Å². The maximum atomic E-state index is 12.6. The molecule has 2 aromatic carbocycles. The molecule has 1 atom stereocenters. The summed E-state index contributed by atoms with van der Waals surface area (Å²) in [5, 5.41) is 0.370. The highest BCUT2D eigenvalue weighted by atomic mass is 35.5. The highest BCUT2D eigenvalue weighted by Gasteiger charge is 2.23. The lowest BCUT2D eigenvalue weighted by Gasteiger charge is -2.18. The van der Waals surface area contributed by atoms with Gasteiger partial charge in [0.05, 0.1) is 15.1 Å². The predicted molar refractivity (Wildman–Crippen MR) is 96.1 cm³/mol. The first-order valence-electron chi connectivity index (χ1n) is 6.86. The first-order chi connectivity index (χ1) is 10.6. The van der Waals surface area contributed by atoms with Crippen molar-refractivity contribution in [3.63, 3.8) is 0 Å². The molecular weight excluding hydrogens is 377 g/mol. The van der Waals surface area contributed by atoms with E-state index in [1.165, 1.54) is 12.1 Å². The number of hydrogen-bond donors (Lipinski definition) is 1. The van der Waals surface area contributed by atoms with Crippen LogP contribution in [0.15, 0.2) is 35.2 Å². The normalized spacial score (nSPS) is 13.1. The van der Waals surface area contributed by atoms with Gasteiger partial charge >= 0.3 is 0 Å². The van der Waals surface area contributed by atoms with Crippen molar-refractivity contribution in [2.24, 2.45) is 0 Å². The molecule has 0 aliphatic rings. The Morgan fingerprint density at radius 1 is 0.957 bits per heavy atom. The zero-order valence-corrected chi connectivity index (χ0v) is 15.9. The smallest absolute Gasteiger partial charge is 0.207 e. The van der Waals surface area contributed by atoms with Gasteiger partial charge < -0.3 is 0 Å². The van der Waals surface area contributed by atoms with Crippen molar-refractivity contribution >= 4 is 44.8 Å². The molecule has 2 aromatic rings. The first-order valence-corrected chi connectivity index (χ1v) is 9.47. The molecule has 0 saturated carbocycles. The van der Waals surface area contributed by atoms with E-state index in [0.717, 1.165) is 16.7 Å². The van der Waals surface area contributed by atoms with Crippen molar-refractivity contribution in [2.45, 2.75) is 31.7 Å². The molecule has 0 spiro atoms. The summed E-state index contributed by atoms with van der Waals surface area (Å²) < 4.78 is 27.8. The minimum Gasteiger partial charge on any atom is -0.207 e. The Labute approximate surface area is 151 Å². The van der Waals surface area contributed by atoms with E-state index in [-0.39, 0.29) is 20.0 Å². The fourth-order valence-electron chi connectivity index (χ4n) is 2.30. The standard InChI is InChI=1S/C16H16Cl3NO2S/c1-9-4-5-10(2)12(6-9)11(3)20-23(21,22)16-8-14(18)13(17)7-15(16)19/h4-8,11,20H,1-3H3. The van der Waals surface area contributed by atoms with E-state index in [0.29, 0.717) is 0 Å². The van der Waals surface area contributed by atoms with Crippen LogP contribution < -0.4 is 4.72 Å². The maximum absolute atomic E-state index is 12.6. The lowest BCUT2D eigenvalue weighted by molar-refractivity contribution is 0.566. The maximum Gasteiger partial charge on any atom is 0.242 e. The van der Waals surface area contributed by atoms with Crippen LogP contribution in [-0.2, 0) is 10.0 Å². The molecule has 1 N–H and O–H groups in total. The van der Waals surface area contributed by atoms with Crippen molar-refractivity contribution < 1.29 is 8.42 Å². The van der Waals surface area contributed by atoms with Gasteiger partial charge in [-0.05, 0) is 44.0 Å². The summed E-state index contributed by atoms with van der Waals surface area (Å²) in [6, 6.07) is 8.06. The Hall–Kier alpha value is -0.780. The molecule has 0 aromatic heterocycles. The van der Waals surface area contributed by atoms with E-state index in [2.05, 4.69) is 4.72 Å². The molecule has 124 valence electrons. The van der Waals surface area contributed by atoms with Crippen LogP contribution in [0.25, 0.3) is 0 Å². The number of benzene rings is 2. The average molecular weight is 393 g/mol. The molecule has 0 amide bonds. The Morgan fingerprint density at radius 3 is 2.22 bits per heavy atom. The van der Waals surface area contributed by atoms with Gasteiger partial charge in [-0.2, -0.15) is 0 Å². The lowest BCUT2D eigenvalue weighted by Crippen LogP contribution is -2.27. The zero-order valence-electron chi connectivity index (χ0n) is 12.8. The Balaban J connectivity index is 2.38. The van der Waals surface area contributed by atoms with Crippen LogP contribution in [0.4, 0.5) is 0 Å². The van der Waals surface area contributed by atoms with Gasteiger partial charge in [0.15, 0.2) is 0 Å². The second kappa shape index (κ2) is 6.99.